The van der Waals surface area contributed by atoms with Crippen LogP contribution in [0.3, 0.4) is 0 Å². The monoisotopic (exact) mass is 245 g/mol. The normalized spacial score (nSPS) is 10.2. The van der Waals surface area contributed by atoms with Crippen LogP contribution in [0.4, 0.5) is 5.82 Å². The number of anilines is 1. The number of rotatable bonds is 4. The van der Waals surface area contributed by atoms with Gasteiger partial charge in [-0.2, -0.15) is 0 Å². The third-order valence-corrected chi connectivity index (χ3v) is 3.51. The number of aromatic nitrogens is 2. The Kier molecular flexibility index (Phi) is 3.98. The van der Waals surface area contributed by atoms with Crippen LogP contribution < -0.4 is 5.32 Å². The Hall–Kier alpha value is -1.55. The third kappa shape index (κ3) is 2.77. The van der Waals surface area contributed by atoms with Crippen molar-refractivity contribution in [3.05, 3.63) is 42.2 Å². The van der Waals surface area contributed by atoms with Gasteiger partial charge in [-0.25, -0.2) is 9.97 Å². The number of nitrogens with zero attached hydrogens (tertiary/aromatic N) is 2. The zero-order valence-electron chi connectivity index (χ0n) is 9.97. The molecule has 0 unspecified atom stereocenters. The average Bonchev–Trinajstić information content (AvgIpc) is 2.39. The standard InChI is InChI=1S/C13H15N3S/c1-3-11-12(14-2)15-9-16-13(11)17-10-7-5-4-6-8-10/h4-9H,3H2,1-2H3,(H,14,15,16). The van der Waals surface area contributed by atoms with Crippen LogP contribution in [-0.4, -0.2) is 17.0 Å². The van der Waals surface area contributed by atoms with E-state index >= 15 is 0 Å². The molecule has 0 aliphatic rings. The third-order valence-electron chi connectivity index (χ3n) is 2.45. The van der Waals surface area contributed by atoms with E-state index in [9.17, 15) is 0 Å². The van der Waals surface area contributed by atoms with E-state index in [4.69, 9.17) is 0 Å². The average molecular weight is 245 g/mol. The summed E-state index contributed by atoms with van der Waals surface area (Å²) >= 11 is 1.68. The lowest BCUT2D eigenvalue weighted by Crippen LogP contribution is -2.01. The molecule has 0 fully saturated rings. The van der Waals surface area contributed by atoms with E-state index in [-0.39, 0.29) is 0 Å². The van der Waals surface area contributed by atoms with Gasteiger partial charge in [-0.15, -0.1) is 0 Å². The summed E-state index contributed by atoms with van der Waals surface area (Å²) in [4.78, 5) is 9.80. The van der Waals surface area contributed by atoms with Crippen molar-refractivity contribution in [3.8, 4) is 0 Å². The molecule has 1 aromatic carbocycles. The molecule has 0 bridgehead atoms. The molecule has 1 aromatic heterocycles. The quantitative estimate of drug-likeness (QED) is 0.839. The molecule has 0 amide bonds. The molecule has 88 valence electrons. The fourth-order valence-corrected chi connectivity index (χ4v) is 2.60. The van der Waals surface area contributed by atoms with Crippen molar-refractivity contribution in [3.63, 3.8) is 0 Å². The van der Waals surface area contributed by atoms with E-state index in [0.29, 0.717) is 0 Å². The summed E-state index contributed by atoms with van der Waals surface area (Å²) in [6, 6.07) is 10.3. The highest BCUT2D eigenvalue weighted by Gasteiger charge is 2.09. The van der Waals surface area contributed by atoms with Crippen LogP contribution in [0.15, 0.2) is 46.6 Å². The highest BCUT2D eigenvalue weighted by Crippen LogP contribution is 2.30. The van der Waals surface area contributed by atoms with Crippen LogP contribution in [-0.2, 0) is 6.42 Å². The molecule has 0 aliphatic carbocycles. The minimum atomic E-state index is 0.918. The number of benzene rings is 1. The number of nitrogens with one attached hydrogen (secondary N) is 1. The van der Waals surface area contributed by atoms with Gasteiger partial charge in [-0.1, -0.05) is 36.9 Å². The van der Waals surface area contributed by atoms with Gasteiger partial charge in [0.15, 0.2) is 0 Å². The Morgan fingerprint density at radius 3 is 2.59 bits per heavy atom. The molecule has 17 heavy (non-hydrogen) atoms. The molecule has 0 saturated carbocycles. The van der Waals surface area contributed by atoms with Crippen LogP contribution in [0.25, 0.3) is 0 Å². The second-order valence-corrected chi connectivity index (χ2v) is 4.59. The Morgan fingerprint density at radius 1 is 1.18 bits per heavy atom. The van der Waals surface area contributed by atoms with Gasteiger partial charge in [0.25, 0.3) is 0 Å². The first-order valence-electron chi connectivity index (χ1n) is 5.59. The van der Waals surface area contributed by atoms with Crippen LogP contribution in [0.5, 0.6) is 0 Å². The summed E-state index contributed by atoms with van der Waals surface area (Å²) in [5, 5.41) is 4.13. The lowest BCUT2D eigenvalue weighted by Gasteiger charge is -2.10. The minimum absolute atomic E-state index is 0.918. The Morgan fingerprint density at radius 2 is 1.94 bits per heavy atom. The van der Waals surface area contributed by atoms with Crippen molar-refractivity contribution in [2.24, 2.45) is 0 Å². The van der Waals surface area contributed by atoms with E-state index in [1.807, 2.05) is 25.2 Å². The molecule has 0 saturated heterocycles. The predicted molar refractivity (Wildman–Crippen MR) is 71.5 cm³/mol. The van der Waals surface area contributed by atoms with E-state index in [2.05, 4.69) is 34.3 Å². The molecule has 1 heterocycles. The van der Waals surface area contributed by atoms with Gasteiger partial charge >= 0.3 is 0 Å². The van der Waals surface area contributed by atoms with E-state index in [1.54, 1.807) is 18.1 Å². The van der Waals surface area contributed by atoms with Gasteiger partial charge in [0.1, 0.15) is 17.2 Å². The molecule has 2 rings (SSSR count). The van der Waals surface area contributed by atoms with Crippen LogP contribution in [0.1, 0.15) is 12.5 Å². The SMILES string of the molecule is CCc1c(NC)ncnc1Sc1ccccc1. The van der Waals surface area contributed by atoms with Gasteiger partial charge in [-0.3, -0.25) is 0 Å². The Bertz CT molecular complexity index is 485. The molecule has 2 aromatic rings. The second kappa shape index (κ2) is 5.68. The first-order valence-corrected chi connectivity index (χ1v) is 6.41. The van der Waals surface area contributed by atoms with Gasteiger partial charge in [0.05, 0.1) is 0 Å². The lowest BCUT2D eigenvalue weighted by molar-refractivity contribution is 0.946. The van der Waals surface area contributed by atoms with E-state index in [1.165, 1.54) is 10.5 Å². The minimum Gasteiger partial charge on any atom is -0.373 e. The smallest absolute Gasteiger partial charge is 0.133 e. The molecular formula is C13H15N3S. The summed E-state index contributed by atoms with van der Waals surface area (Å²) < 4.78 is 0. The first kappa shape index (κ1) is 11.9. The highest BCUT2D eigenvalue weighted by molar-refractivity contribution is 7.99. The summed E-state index contributed by atoms with van der Waals surface area (Å²) in [6.45, 7) is 2.12. The van der Waals surface area contributed by atoms with Crippen molar-refractivity contribution in [2.45, 2.75) is 23.3 Å². The maximum absolute atomic E-state index is 4.37. The summed E-state index contributed by atoms with van der Waals surface area (Å²) in [5.41, 5.74) is 1.17. The Balaban J connectivity index is 2.33. The van der Waals surface area contributed by atoms with Gasteiger partial charge in [-0.05, 0) is 18.6 Å². The molecular weight excluding hydrogens is 230 g/mol. The van der Waals surface area contributed by atoms with Crippen molar-refractivity contribution in [1.82, 2.24) is 9.97 Å². The summed E-state index contributed by atoms with van der Waals surface area (Å²) in [6.07, 6.45) is 2.53. The lowest BCUT2D eigenvalue weighted by atomic mass is 10.2. The molecule has 0 spiro atoms. The molecule has 1 N–H and O–H groups in total. The fraction of sp³-hybridized carbons (Fsp3) is 0.231. The maximum atomic E-state index is 4.37. The van der Waals surface area contributed by atoms with Crippen molar-refractivity contribution >= 4 is 17.6 Å². The molecule has 3 nitrogen and oxygen atoms in total. The molecule has 4 heteroatoms. The fourth-order valence-electron chi connectivity index (χ4n) is 1.62. The number of hydrogen-bond donors (Lipinski definition) is 1. The van der Waals surface area contributed by atoms with Crippen LogP contribution in [0.2, 0.25) is 0 Å². The Labute approximate surface area is 106 Å². The van der Waals surface area contributed by atoms with Crippen LogP contribution >= 0.6 is 11.8 Å². The zero-order chi connectivity index (χ0) is 12.1. The summed E-state index contributed by atoms with van der Waals surface area (Å²) in [7, 11) is 1.89. The van der Waals surface area contributed by atoms with Crippen molar-refractivity contribution < 1.29 is 0 Å². The topological polar surface area (TPSA) is 37.8 Å². The van der Waals surface area contributed by atoms with Crippen LogP contribution in [0, 0.1) is 0 Å². The van der Waals surface area contributed by atoms with E-state index < -0.39 is 0 Å². The van der Waals surface area contributed by atoms with Crippen molar-refractivity contribution in [1.29, 1.82) is 0 Å². The first-order chi connectivity index (χ1) is 8.35. The maximum Gasteiger partial charge on any atom is 0.133 e. The van der Waals surface area contributed by atoms with Gasteiger partial charge in [0, 0.05) is 17.5 Å². The number of hydrogen-bond acceptors (Lipinski definition) is 4. The van der Waals surface area contributed by atoms with Crippen molar-refractivity contribution in [2.75, 3.05) is 12.4 Å². The molecule has 0 radical (unpaired) electrons. The molecule has 0 aliphatic heterocycles. The van der Waals surface area contributed by atoms with E-state index in [0.717, 1.165) is 17.3 Å². The summed E-state index contributed by atoms with van der Waals surface area (Å²) in [5.74, 6) is 0.918. The highest BCUT2D eigenvalue weighted by atomic mass is 32.2. The predicted octanol–water partition coefficient (Wildman–Crippen LogP) is 3.23. The largest absolute Gasteiger partial charge is 0.373 e. The van der Waals surface area contributed by atoms with Gasteiger partial charge < -0.3 is 5.32 Å². The molecule has 0 atom stereocenters. The van der Waals surface area contributed by atoms with Gasteiger partial charge in [0.2, 0.25) is 0 Å². The second-order valence-electron chi connectivity index (χ2n) is 3.52. The zero-order valence-corrected chi connectivity index (χ0v) is 10.8.